The molecular formula is C17H17ClN2O. The zero-order valence-corrected chi connectivity index (χ0v) is 12.9. The Morgan fingerprint density at radius 3 is 2.67 bits per heavy atom. The molecule has 1 aromatic carbocycles. The van der Waals surface area contributed by atoms with E-state index in [1.807, 2.05) is 24.3 Å². The van der Waals surface area contributed by atoms with Gasteiger partial charge >= 0.3 is 0 Å². The molecule has 0 atom stereocenters. The third-order valence-electron chi connectivity index (χ3n) is 3.23. The molecule has 0 unspecified atom stereocenters. The predicted molar refractivity (Wildman–Crippen MR) is 87.2 cm³/mol. The molecule has 2 aromatic rings. The maximum absolute atomic E-state index is 9.33. The zero-order valence-electron chi connectivity index (χ0n) is 12.1. The summed E-state index contributed by atoms with van der Waals surface area (Å²) in [5.41, 5.74) is 1.31. The van der Waals surface area contributed by atoms with Gasteiger partial charge < -0.3 is 9.32 Å². The first-order chi connectivity index (χ1) is 10.2. The Morgan fingerprint density at radius 1 is 1.29 bits per heavy atom. The summed E-state index contributed by atoms with van der Waals surface area (Å²) >= 11 is 5.97. The van der Waals surface area contributed by atoms with Crippen LogP contribution in [-0.2, 0) is 0 Å². The number of halogens is 1. The number of furan rings is 1. The summed E-state index contributed by atoms with van der Waals surface area (Å²) < 4.78 is 5.78. The van der Waals surface area contributed by atoms with Crippen molar-refractivity contribution in [2.75, 3.05) is 18.0 Å². The first-order valence-corrected chi connectivity index (χ1v) is 7.28. The molecule has 0 N–H and O–H groups in total. The van der Waals surface area contributed by atoms with Crippen molar-refractivity contribution in [1.82, 2.24) is 0 Å². The van der Waals surface area contributed by atoms with Crippen LogP contribution in [0.1, 0.15) is 25.2 Å². The number of benzene rings is 1. The van der Waals surface area contributed by atoms with Crippen LogP contribution < -0.4 is 4.90 Å². The molecule has 1 heterocycles. The highest BCUT2D eigenvalue weighted by molar-refractivity contribution is 6.30. The van der Waals surface area contributed by atoms with Crippen LogP contribution in [-0.4, -0.2) is 13.1 Å². The minimum absolute atomic E-state index is 0.526. The minimum Gasteiger partial charge on any atom is -0.441 e. The lowest BCUT2D eigenvalue weighted by atomic mass is 10.1. The van der Waals surface area contributed by atoms with E-state index in [4.69, 9.17) is 16.0 Å². The van der Waals surface area contributed by atoms with Gasteiger partial charge in [-0.15, -0.1) is 0 Å². The second kappa shape index (κ2) is 7.01. The van der Waals surface area contributed by atoms with Gasteiger partial charge in [0.25, 0.3) is 0 Å². The van der Waals surface area contributed by atoms with Crippen LogP contribution >= 0.6 is 11.6 Å². The largest absolute Gasteiger partial charge is 0.441 e. The number of nitriles is 1. The van der Waals surface area contributed by atoms with Gasteiger partial charge in [0, 0.05) is 24.2 Å². The van der Waals surface area contributed by atoms with Crippen LogP contribution in [0.15, 0.2) is 40.8 Å². The van der Waals surface area contributed by atoms with Gasteiger partial charge in [0.1, 0.15) is 5.76 Å². The average Bonchev–Trinajstić information content (AvgIpc) is 2.94. The standard InChI is InChI=1S/C17H17ClN2O/c1-3-20(4-2)17-9-8-16(21-17)11-14(12-19)13-6-5-7-15(18)10-13/h5-11H,3-4H2,1-2H3. The molecule has 3 nitrogen and oxygen atoms in total. The predicted octanol–water partition coefficient (Wildman–Crippen LogP) is 4.84. The van der Waals surface area contributed by atoms with Gasteiger partial charge in [-0.1, -0.05) is 23.7 Å². The molecule has 0 amide bonds. The summed E-state index contributed by atoms with van der Waals surface area (Å²) in [5, 5.41) is 9.93. The summed E-state index contributed by atoms with van der Waals surface area (Å²) in [6, 6.07) is 13.2. The van der Waals surface area contributed by atoms with Crippen molar-refractivity contribution in [2.45, 2.75) is 13.8 Å². The zero-order chi connectivity index (χ0) is 15.2. The van der Waals surface area contributed by atoms with Gasteiger partial charge in [-0.2, -0.15) is 5.26 Å². The van der Waals surface area contributed by atoms with Gasteiger partial charge in [0.15, 0.2) is 5.88 Å². The lowest BCUT2D eigenvalue weighted by Gasteiger charge is -2.16. The molecule has 0 aliphatic heterocycles. The Kier molecular flexibility index (Phi) is 5.08. The van der Waals surface area contributed by atoms with Crippen LogP contribution in [0.2, 0.25) is 5.02 Å². The molecule has 108 valence electrons. The summed E-state index contributed by atoms with van der Waals surface area (Å²) in [6.45, 7) is 5.92. The number of hydrogen-bond acceptors (Lipinski definition) is 3. The second-order valence-electron chi connectivity index (χ2n) is 4.53. The van der Waals surface area contributed by atoms with E-state index in [1.54, 1.807) is 18.2 Å². The van der Waals surface area contributed by atoms with Crippen molar-refractivity contribution < 1.29 is 4.42 Å². The topological polar surface area (TPSA) is 40.2 Å². The van der Waals surface area contributed by atoms with Gasteiger partial charge in [-0.25, -0.2) is 0 Å². The molecule has 0 aliphatic carbocycles. The average molecular weight is 301 g/mol. The molecule has 0 aliphatic rings. The van der Waals surface area contributed by atoms with E-state index in [-0.39, 0.29) is 0 Å². The number of allylic oxidation sites excluding steroid dienone is 1. The third kappa shape index (κ3) is 3.68. The first-order valence-electron chi connectivity index (χ1n) is 6.90. The van der Waals surface area contributed by atoms with Crippen LogP contribution in [0, 0.1) is 11.3 Å². The summed E-state index contributed by atoms with van der Waals surface area (Å²) in [6.07, 6.45) is 1.73. The second-order valence-corrected chi connectivity index (χ2v) is 4.96. The van der Waals surface area contributed by atoms with E-state index in [0.717, 1.165) is 24.5 Å². The molecule has 2 rings (SSSR count). The summed E-state index contributed by atoms with van der Waals surface area (Å²) in [7, 11) is 0. The molecule has 21 heavy (non-hydrogen) atoms. The SMILES string of the molecule is CCN(CC)c1ccc(C=C(C#N)c2cccc(Cl)c2)o1. The summed E-state index contributed by atoms with van der Waals surface area (Å²) in [4.78, 5) is 2.11. The number of nitrogens with zero attached hydrogens (tertiary/aromatic N) is 2. The third-order valence-corrected chi connectivity index (χ3v) is 3.47. The molecule has 0 bridgehead atoms. The van der Waals surface area contributed by atoms with Gasteiger partial charge in [-0.05, 0) is 43.7 Å². The fourth-order valence-electron chi connectivity index (χ4n) is 2.10. The highest BCUT2D eigenvalue weighted by Gasteiger charge is 2.08. The lowest BCUT2D eigenvalue weighted by Crippen LogP contribution is -2.20. The van der Waals surface area contributed by atoms with E-state index < -0.39 is 0 Å². The number of rotatable bonds is 5. The molecule has 0 saturated carbocycles. The van der Waals surface area contributed by atoms with E-state index in [2.05, 4.69) is 24.8 Å². The quantitative estimate of drug-likeness (QED) is 0.742. The van der Waals surface area contributed by atoms with E-state index in [1.165, 1.54) is 0 Å². The minimum atomic E-state index is 0.526. The van der Waals surface area contributed by atoms with Crippen molar-refractivity contribution in [2.24, 2.45) is 0 Å². The van der Waals surface area contributed by atoms with Crippen LogP contribution in [0.3, 0.4) is 0 Å². The monoisotopic (exact) mass is 300 g/mol. The van der Waals surface area contributed by atoms with Gasteiger partial charge in [0.2, 0.25) is 0 Å². The Labute approximate surface area is 130 Å². The van der Waals surface area contributed by atoms with Crippen molar-refractivity contribution in [3.05, 3.63) is 52.7 Å². The Balaban J connectivity index is 2.31. The molecule has 1 aromatic heterocycles. The molecular weight excluding hydrogens is 284 g/mol. The lowest BCUT2D eigenvalue weighted by molar-refractivity contribution is 0.541. The van der Waals surface area contributed by atoms with Crippen molar-refractivity contribution >= 4 is 29.1 Å². The molecule has 4 heteroatoms. The van der Waals surface area contributed by atoms with E-state index >= 15 is 0 Å². The molecule has 0 fully saturated rings. The Morgan fingerprint density at radius 2 is 2.05 bits per heavy atom. The Bertz CT molecular complexity index is 678. The fraction of sp³-hybridized carbons (Fsp3) is 0.235. The number of hydrogen-bond donors (Lipinski definition) is 0. The highest BCUT2D eigenvalue weighted by atomic mass is 35.5. The maximum Gasteiger partial charge on any atom is 0.196 e. The smallest absolute Gasteiger partial charge is 0.196 e. The van der Waals surface area contributed by atoms with Crippen molar-refractivity contribution in [3.63, 3.8) is 0 Å². The fourth-order valence-corrected chi connectivity index (χ4v) is 2.29. The maximum atomic E-state index is 9.33. The van der Waals surface area contributed by atoms with Crippen LogP contribution in [0.4, 0.5) is 5.88 Å². The summed E-state index contributed by atoms with van der Waals surface area (Å²) in [5.74, 6) is 1.48. The van der Waals surface area contributed by atoms with Gasteiger partial charge in [-0.3, -0.25) is 0 Å². The molecule has 0 spiro atoms. The van der Waals surface area contributed by atoms with Crippen molar-refractivity contribution in [1.29, 1.82) is 5.26 Å². The van der Waals surface area contributed by atoms with E-state index in [9.17, 15) is 5.26 Å². The first kappa shape index (κ1) is 15.2. The molecule has 0 radical (unpaired) electrons. The number of anilines is 1. The highest BCUT2D eigenvalue weighted by Crippen LogP contribution is 2.24. The van der Waals surface area contributed by atoms with Crippen LogP contribution in [0.25, 0.3) is 11.6 Å². The Hall–Kier alpha value is -2.18. The van der Waals surface area contributed by atoms with Crippen LogP contribution in [0.5, 0.6) is 0 Å². The normalized spacial score (nSPS) is 11.2. The van der Waals surface area contributed by atoms with Crippen molar-refractivity contribution in [3.8, 4) is 6.07 Å². The van der Waals surface area contributed by atoms with Gasteiger partial charge in [0.05, 0.1) is 11.6 Å². The molecule has 0 saturated heterocycles. The van der Waals surface area contributed by atoms with E-state index in [0.29, 0.717) is 16.4 Å².